The van der Waals surface area contributed by atoms with Crippen LogP contribution >= 0.6 is 0 Å². The molecule has 13 heavy (non-hydrogen) atoms. The van der Waals surface area contributed by atoms with Crippen LogP contribution in [0.4, 0.5) is 5.69 Å². The van der Waals surface area contributed by atoms with Crippen molar-refractivity contribution in [1.82, 2.24) is 0 Å². The third-order valence-electron chi connectivity index (χ3n) is 2.38. The Kier molecular flexibility index (Phi) is 1.88. The van der Waals surface area contributed by atoms with E-state index in [9.17, 15) is 0 Å². The number of ether oxygens (including phenoxy) is 1. The summed E-state index contributed by atoms with van der Waals surface area (Å²) in [5, 5.41) is 0. The minimum atomic E-state index is 0.0318. The van der Waals surface area contributed by atoms with E-state index in [0.29, 0.717) is 6.61 Å². The molecule has 0 aliphatic carbocycles. The molecule has 0 unspecified atom stereocenters. The number of aryl methyl sites for hydroxylation is 1. The highest BCUT2D eigenvalue weighted by Gasteiger charge is 2.20. The molecule has 0 saturated heterocycles. The first-order valence-corrected chi connectivity index (χ1v) is 4.47. The van der Waals surface area contributed by atoms with Crippen molar-refractivity contribution in [2.24, 2.45) is 5.73 Å². The number of benzene rings is 1. The van der Waals surface area contributed by atoms with E-state index < -0.39 is 0 Å². The van der Waals surface area contributed by atoms with Crippen molar-refractivity contribution in [3.05, 3.63) is 23.3 Å². The van der Waals surface area contributed by atoms with Gasteiger partial charge in [-0.3, -0.25) is 0 Å². The summed E-state index contributed by atoms with van der Waals surface area (Å²) in [4.78, 5) is 0. The highest BCUT2D eigenvalue weighted by Crippen LogP contribution is 2.35. The van der Waals surface area contributed by atoms with E-state index in [0.717, 1.165) is 29.0 Å². The predicted molar refractivity (Wildman–Crippen MR) is 52.6 cm³/mol. The maximum Gasteiger partial charge on any atom is 0.126 e. The lowest BCUT2D eigenvalue weighted by Gasteiger charge is -2.24. The summed E-state index contributed by atoms with van der Waals surface area (Å²) < 4.78 is 5.50. The van der Waals surface area contributed by atoms with Crippen LogP contribution < -0.4 is 16.2 Å². The zero-order valence-electron chi connectivity index (χ0n) is 7.71. The fraction of sp³-hybridized carbons (Fsp3) is 0.400. The van der Waals surface area contributed by atoms with Gasteiger partial charge >= 0.3 is 0 Å². The second-order valence-electron chi connectivity index (χ2n) is 3.51. The van der Waals surface area contributed by atoms with Crippen LogP contribution in [0.15, 0.2) is 12.1 Å². The van der Waals surface area contributed by atoms with Crippen molar-refractivity contribution in [2.45, 2.75) is 19.4 Å². The van der Waals surface area contributed by atoms with E-state index in [1.807, 2.05) is 19.1 Å². The van der Waals surface area contributed by atoms with Crippen molar-refractivity contribution in [3.63, 3.8) is 0 Å². The van der Waals surface area contributed by atoms with E-state index in [1.54, 1.807) is 0 Å². The first-order chi connectivity index (χ1) is 6.18. The summed E-state index contributed by atoms with van der Waals surface area (Å²) in [5.74, 6) is 0.858. The van der Waals surface area contributed by atoms with Crippen LogP contribution in [-0.2, 0) is 0 Å². The molecule has 4 N–H and O–H groups in total. The maximum atomic E-state index is 5.94. The van der Waals surface area contributed by atoms with Crippen LogP contribution in [0.3, 0.4) is 0 Å². The minimum absolute atomic E-state index is 0.0318. The van der Waals surface area contributed by atoms with Gasteiger partial charge < -0.3 is 16.2 Å². The molecule has 1 aromatic rings. The molecule has 1 aliphatic rings. The molecule has 0 spiro atoms. The lowest BCUT2D eigenvalue weighted by atomic mass is 9.98. The first-order valence-electron chi connectivity index (χ1n) is 4.47. The van der Waals surface area contributed by atoms with Gasteiger partial charge in [-0.2, -0.15) is 0 Å². The molecule has 0 radical (unpaired) electrons. The van der Waals surface area contributed by atoms with E-state index in [-0.39, 0.29) is 6.04 Å². The van der Waals surface area contributed by atoms with Gasteiger partial charge in [-0.15, -0.1) is 0 Å². The summed E-state index contributed by atoms with van der Waals surface area (Å²) in [6.45, 7) is 2.69. The lowest BCUT2D eigenvalue weighted by Crippen LogP contribution is -2.22. The Hall–Kier alpha value is -1.22. The topological polar surface area (TPSA) is 61.3 Å². The highest BCUT2D eigenvalue weighted by molar-refractivity contribution is 5.58. The Morgan fingerprint density at radius 2 is 2.23 bits per heavy atom. The van der Waals surface area contributed by atoms with Gasteiger partial charge in [0.1, 0.15) is 5.75 Å². The maximum absolute atomic E-state index is 5.94. The van der Waals surface area contributed by atoms with Crippen molar-refractivity contribution in [3.8, 4) is 5.75 Å². The smallest absolute Gasteiger partial charge is 0.126 e. The third-order valence-corrected chi connectivity index (χ3v) is 2.38. The number of nitrogens with two attached hydrogens (primary N) is 2. The molecule has 2 rings (SSSR count). The molecule has 3 nitrogen and oxygen atoms in total. The second kappa shape index (κ2) is 2.92. The average Bonchev–Trinajstić information content (AvgIpc) is 2.02. The molecule has 1 aliphatic heterocycles. The molecular formula is C10H14N2O. The Labute approximate surface area is 77.7 Å². The quantitative estimate of drug-likeness (QED) is 0.590. The van der Waals surface area contributed by atoms with Crippen LogP contribution in [0.2, 0.25) is 0 Å². The number of nitrogen functional groups attached to an aromatic ring is 1. The highest BCUT2D eigenvalue weighted by atomic mass is 16.5. The normalized spacial score (nSPS) is 20.6. The summed E-state index contributed by atoms with van der Waals surface area (Å²) in [7, 11) is 0. The molecule has 1 heterocycles. The monoisotopic (exact) mass is 178 g/mol. The van der Waals surface area contributed by atoms with Crippen molar-refractivity contribution in [1.29, 1.82) is 0 Å². The molecule has 1 atom stereocenters. The van der Waals surface area contributed by atoms with E-state index in [4.69, 9.17) is 16.2 Å². The number of fused-ring (bicyclic) bond motifs is 1. The number of hydrogen-bond donors (Lipinski definition) is 2. The number of rotatable bonds is 0. The van der Waals surface area contributed by atoms with E-state index in [1.165, 1.54) is 0 Å². The summed E-state index contributed by atoms with van der Waals surface area (Å²) in [5.41, 5.74) is 14.6. The fourth-order valence-corrected chi connectivity index (χ4v) is 1.75. The average molecular weight is 178 g/mol. The molecule has 0 saturated carbocycles. The van der Waals surface area contributed by atoms with Crippen LogP contribution in [0, 0.1) is 6.92 Å². The van der Waals surface area contributed by atoms with Gasteiger partial charge in [-0.25, -0.2) is 0 Å². The van der Waals surface area contributed by atoms with Gasteiger partial charge in [-0.1, -0.05) is 0 Å². The zero-order chi connectivity index (χ0) is 9.42. The van der Waals surface area contributed by atoms with Crippen LogP contribution in [0.25, 0.3) is 0 Å². The molecule has 0 amide bonds. The Morgan fingerprint density at radius 3 is 3.00 bits per heavy atom. The van der Waals surface area contributed by atoms with Gasteiger partial charge in [0.05, 0.1) is 6.61 Å². The summed E-state index contributed by atoms with van der Waals surface area (Å²) in [6, 6.07) is 3.96. The van der Waals surface area contributed by atoms with Gasteiger partial charge in [0.2, 0.25) is 0 Å². The van der Waals surface area contributed by atoms with Gasteiger partial charge in [0.15, 0.2) is 0 Å². The molecular weight excluding hydrogens is 164 g/mol. The van der Waals surface area contributed by atoms with Crippen LogP contribution in [0.1, 0.15) is 23.6 Å². The van der Waals surface area contributed by atoms with Crippen LogP contribution in [0.5, 0.6) is 5.75 Å². The largest absolute Gasteiger partial charge is 0.493 e. The van der Waals surface area contributed by atoms with Crippen molar-refractivity contribution in [2.75, 3.05) is 12.3 Å². The second-order valence-corrected chi connectivity index (χ2v) is 3.51. The zero-order valence-corrected chi connectivity index (χ0v) is 7.71. The summed E-state index contributed by atoms with van der Waals surface area (Å²) >= 11 is 0. The van der Waals surface area contributed by atoms with E-state index >= 15 is 0 Å². The van der Waals surface area contributed by atoms with Crippen molar-refractivity contribution >= 4 is 5.69 Å². The molecule has 3 heteroatoms. The Balaban J connectivity index is 2.56. The molecule has 0 bridgehead atoms. The minimum Gasteiger partial charge on any atom is -0.493 e. The third kappa shape index (κ3) is 1.35. The van der Waals surface area contributed by atoms with E-state index in [2.05, 4.69) is 0 Å². The SMILES string of the molecule is Cc1cc(N)c2c(c1)OCC[C@@H]2N. The molecule has 0 aromatic heterocycles. The van der Waals surface area contributed by atoms with Crippen LogP contribution in [-0.4, -0.2) is 6.61 Å². The predicted octanol–water partition coefficient (Wildman–Crippen LogP) is 1.36. The first kappa shape index (κ1) is 8.38. The summed E-state index contributed by atoms with van der Waals surface area (Å²) in [6.07, 6.45) is 0.847. The fourth-order valence-electron chi connectivity index (χ4n) is 1.75. The number of hydrogen-bond acceptors (Lipinski definition) is 3. The van der Waals surface area contributed by atoms with Crippen molar-refractivity contribution < 1.29 is 4.74 Å². The van der Waals surface area contributed by atoms with Gasteiger partial charge in [-0.05, 0) is 24.6 Å². The Bertz CT molecular complexity index is 336. The van der Waals surface area contributed by atoms with Gasteiger partial charge in [0.25, 0.3) is 0 Å². The molecule has 70 valence electrons. The Morgan fingerprint density at radius 1 is 1.46 bits per heavy atom. The number of anilines is 1. The standard InChI is InChI=1S/C10H14N2O/c1-6-4-8(12)10-7(11)2-3-13-9(10)5-6/h4-5,7H,2-3,11-12H2,1H3/t7-/m0/s1. The molecule has 0 fully saturated rings. The molecule has 1 aromatic carbocycles. The van der Waals surface area contributed by atoms with Gasteiger partial charge in [0, 0.05) is 23.7 Å². The lowest BCUT2D eigenvalue weighted by molar-refractivity contribution is 0.269.